The van der Waals surface area contributed by atoms with E-state index in [1.807, 2.05) is 87.5 Å². The Morgan fingerprint density at radius 3 is 2.42 bits per heavy atom. The fourth-order valence-electron chi connectivity index (χ4n) is 3.96. The van der Waals surface area contributed by atoms with E-state index in [1.54, 1.807) is 28.6 Å². The highest BCUT2D eigenvalue weighted by molar-refractivity contribution is 7.18. The van der Waals surface area contributed by atoms with E-state index in [-0.39, 0.29) is 6.09 Å². The number of nitrogens with two attached hydrogens (primary N) is 1. The lowest BCUT2D eigenvalue weighted by atomic mass is 10.0. The number of fused-ring (bicyclic) bond motifs is 1. The summed E-state index contributed by atoms with van der Waals surface area (Å²) in [6, 6.07) is 17.7. The SMILES string of the molecule is CC(C)(C)OC(=O)N1C=CC(c2cnc(N)c3c(-c4ccc(Oc5ccccc5)cc4)csc23)=CC1. The number of benzene rings is 2. The fourth-order valence-corrected chi connectivity index (χ4v) is 5.08. The molecule has 0 spiro atoms. The van der Waals surface area contributed by atoms with Gasteiger partial charge in [-0.25, -0.2) is 9.78 Å². The Hall–Kier alpha value is -4.10. The van der Waals surface area contributed by atoms with Crippen molar-refractivity contribution in [1.82, 2.24) is 9.88 Å². The summed E-state index contributed by atoms with van der Waals surface area (Å²) in [4.78, 5) is 18.4. The quantitative estimate of drug-likeness (QED) is 0.316. The molecule has 2 aromatic heterocycles. The van der Waals surface area contributed by atoms with Crippen LogP contribution in [0.5, 0.6) is 11.5 Å². The molecule has 5 rings (SSSR count). The Balaban J connectivity index is 1.40. The lowest BCUT2D eigenvalue weighted by molar-refractivity contribution is 0.0350. The molecule has 0 radical (unpaired) electrons. The standard InChI is InChI=1S/C29H27N3O3S/c1-29(2,3)35-28(33)32-15-13-20(14-16-32)23-17-31-27(30)25-24(18-36-26(23)25)19-9-11-22(12-10-19)34-21-7-5-4-6-8-21/h4-15,17-18H,16H2,1-3H3,(H2,30,31). The molecule has 0 fully saturated rings. The first kappa shape index (κ1) is 23.6. The van der Waals surface area contributed by atoms with Gasteiger partial charge in [0.25, 0.3) is 0 Å². The number of hydrogen-bond acceptors (Lipinski definition) is 6. The number of para-hydroxylation sites is 1. The van der Waals surface area contributed by atoms with Crippen LogP contribution in [0.2, 0.25) is 0 Å². The van der Waals surface area contributed by atoms with Crippen LogP contribution in [0.1, 0.15) is 26.3 Å². The normalized spacial score (nSPS) is 13.5. The summed E-state index contributed by atoms with van der Waals surface area (Å²) in [5.74, 6) is 2.05. The lowest BCUT2D eigenvalue weighted by Gasteiger charge is -2.26. The third-order valence-electron chi connectivity index (χ3n) is 5.65. The number of ether oxygens (including phenoxy) is 2. The molecule has 6 nitrogen and oxygen atoms in total. The summed E-state index contributed by atoms with van der Waals surface area (Å²) in [6.45, 7) is 5.99. The van der Waals surface area contributed by atoms with Crippen molar-refractivity contribution < 1.29 is 14.3 Å². The Kier molecular flexibility index (Phi) is 6.24. The first-order chi connectivity index (χ1) is 17.3. The van der Waals surface area contributed by atoms with Crippen LogP contribution in [0.15, 0.2) is 84.5 Å². The van der Waals surface area contributed by atoms with E-state index >= 15 is 0 Å². The van der Waals surface area contributed by atoms with E-state index in [4.69, 9.17) is 15.2 Å². The average Bonchev–Trinajstić information content (AvgIpc) is 3.31. The first-order valence-electron chi connectivity index (χ1n) is 11.7. The molecule has 0 atom stereocenters. The van der Waals surface area contributed by atoms with Gasteiger partial charge in [-0.1, -0.05) is 36.4 Å². The number of thiophene rings is 1. The number of hydrogen-bond donors (Lipinski definition) is 1. The van der Waals surface area contributed by atoms with E-state index in [0.29, 0.717) is 12.4 Å². The molecule has 1 amide bonds. The number of pyridine rings is 1. The maximum atomic E-state index is 12.4. The molecule has 7 heteroatoms. The highest BCUT2D eigenvalue weighted by Crippen LogP contribution is 2.41. The minimum atomic E-state index is -0.540. The second-order valence-corrected chi connectivity index (χ2v) is 10.3. The third-order valence-corrected chi connectivity index (χ3v) is 6.66. The molecule has 4 aromatic rings. The molecular weight excluding hydrogens is 470 g/mol. The number of anilines is 1. The van der Waals surface area contributed by atoms with E-state index in [0.717, 1.165) is 43.8 Å². The fraction of sp³-hybridized carbons (Fsp3) is 0.172. The Morgan fingerprint density at radius 1 is 1.03 bits per heavy atom. The minimum absolute atomic E-state index is 0.368. The molecule has 3 heterocycles. The zero-order valence-corrected chi connectivity index (χ0v) is 21.2. The van der Waals surface area contributed by atoms with Crippen LogP contribution in [0, 0.1) is 0 Å². The molecule has 1 aliphatic rings. The smallest absolute Gasteiger partial charge is 0.414 e. The summed E-state index contributed by atoms with van der Waals surface area (Å²) in [7, 11) is 0. The largest absolute Gasteiger partial charge is 0.457 e. The number of carbonyl (C=O) groups is 1. The summed E-state index contributed by atoms with van der Waals surface area (Å²) >= 11 is 1.63. The van der Waals surface area contributed by atoms with Gasteiger partial charge in [-0.2, -0.15) is 0 Å². The minimum Gasteiger partial charge on any atom is -0.457 e. The highest BCUT2D eigenvalue weighted by Gasteiger charge is 2.23. The van der Waals surface area contributed by atoms with Crippen molar-refractivity contribution in [1.29, 1.82) is 0 Å². The zero-order chi connectivity index (χ0) is 25.3. The van der Waals surface area contributed by atoms with Gasteiger partial charge in [0.15, 0.2) is 0 Å². The van der Waals surface area contributed by atoms with Crippen molar-refractivity contribution >= 4 is 38.9 Å². The molecule has 2 aromatic carbocycles. The highest BCUT2D eigenvalue weighted by atomic mass is 32.1. The number of nitrogens with zero attached hydrogens (tertiary/aromatic N) is 2. The number of carbonyl (C=O) groups excluding carboxylic acids is 1. The molecule has 0 aliphatic carbocycles. The van der Waals surface area contributed by atoms with Gasteiger partial charge in [0.2, 0.25) is 0 Å². The lowest BCUT2D eigenvalue weighted by Crippen LogP contribution is -2.34. The van der Waals surface area contributed by atoms with Crippen molar-refractivity contribution in [2.45, 2.75) is 26.4 Å². The van der Waals surface area contributed by atoms with Crippen molar-refractivity contribution in [3.63, 3.8) is 0 Å². The van der Waals surface area contributed by atoms with Crippen LogP contribution < -0.4 is 10.5 Å². The molecule has 0 bridgehead atoms. The Bertz CT molecular complexity index is 1470. The van der Waals surface area contributed by atoms with Crippen molar-refractivity contribution in [2.75, 3.05) is 12.3 Å². The van der Waals surface area contributed by atoms with E-state index in [2.05, 4.69) is 10.4 Å². The van der Waals surface area contributed by atoms with Gasteiger partial charge in [0.1, 0.15) is 22.9 Å². The topological polar surface area (TPSA) is 77.7 Å². The molecule has 2 N–H and O–H groups in total. The van der Waals surface area contributed by atoms with Crippen LogP contribution in [0.25, 0.3) is 26.8 Å². The van der Waals surface area contributed by atoms with E-state index in [1.165, 1.54) is 0 Å². The zero-order valence-electron chi connectivity index (χ0n) is 20.4. The number of allylic oxidation sites excluding steroid dienone is 2. The number of aromatic nitrogens is 1. The van der Waals surface area contributed by atoms with Crippen LogP contribution in [0.3, 0.4) is 0 Å². The van der Waals surface area contributed by atoms with E-state index < -0.39 is 5.60 Å². The van der Waals surface area contributed by atoms with Crippen molar-refractivity contribution in [3.8, 4) is 22.6 Å². The van der Waals surface area contributed by atoms with Gasteiger partial charge in [-0.05, 0) is 67.6 Å². The van der Waals surface area contributed by atoms with Crippen LogP contribution in [0.4, 0.5) is 10.6 Å². The molecule has 182 valence electrons. The van der Waals surface area contributed by atoms with Crippen LogP contribution in [-0.4, -0.2) is 28.1 Å². The second-order valence-electron chi connectivity index (χ2n) is 9.46. The molecule has 0 unspecified atom stereocenters. The number of nitrogen functional groups attached to an aromatic ring is 1. The first-order valence-corrected chi connectivity index (χ1v) is 12.5. The summed E-state index contributed by atoms with van der Waals surface area (Å²) < 4.78 is 12.5. The second kappa shape index (κ2) is 9.51. The number of amides is 1. The van der Waals surface area contributed by atoms with Gasteiger partial charge in [-0.15, -0.1) is 11.3 Å². The maximum Gasteiger partial charge on any atom is 0.414 e. The molecular formula is C29H27N3O3S. The third kappa shape index (κ3) is 4.97. The predicted octanol–water partition coefficient (Wildman–Crippen LogP) is 7.49. The van der Waals surface area contributed by atoms with Gasteiger partial charge in [-0.3, -0.25) is 4.90 Å². The van der Waals surface area contributed by atoms with Gasteiger partial charge < -0.3 is 15.2 Å². The Labute approximate surface area is 214 Å². The van der Waals surface area contributed by atoms with Gasteiger partial charge in [0, 0.05) is 40.2 Å². The number of rotatable bonds is 4. The summed E-state index contributed by atoms with van der Waals surface area (Å²) in [6.07, 6.45) is 7.10. The van der Waals surface area contributed by atoms with Crippen molar-refractivity contribution in [2.24, 2.45) is 0 Å². The molecule has 0 saturated heterocycles. The van der Waals surface area contributed by atoms with Crippen molar-refractivity contribution in [3.05, 3.63) is 90.1 Å². The average molecular weight is 498 g/mol. The predicted molar refractivity (Wildman–Crippen MR) is 146 cm³/mol. The van der Waals surface area contributed by atoms with Crippen LogP contribution in [-0.2, 0) is 4.74 Å². The maximum absolute atomic E-state index is 12.4. The van der Waals surface area contributed by atoms with Crippen LogP contribution >= 0.6 is 11.3 Å². The summed E-state index contributed by atoms with van der Waals surface area (Å²) in [5.41, 5.74) is 9.86. The van der Waals surface area contributed by atoms with Gasteiger partial charge >= 0.3 is 6.09 Å². The summed E-state index contributed by atoms with van der Waals surface area (Å²) in [5, 5.41) is 3.04. The monoisotopic (exact) mass is 497 g/mol. The van der Waals surface area contributed by atoms with E-state index in [9.17, 15) is 4.79 Å². The molecule has 0 saturated carbocycles. The Morgan fingerprint density at radius 2 is 1.75 bits per heavy atom. The van der Waals surface area contributed by atoms with Gasteiger partial charge in [0.05, 0.1) is 0 Å². The molecule has 1 aliphatic heterocycles. The molecule has 36 heavy (non-hydrogen) atoms.